The summed E-state index contributed by atoms with van der Waals surface area (Å²) in [6.07, 6.45) is 0. The van der Waals surface area contributed by atoms with Crippen molar-refractivity contribution < 1.29 is 14.7 Å². The van der Waals surface area contributed by atoms with Gasteiger partial charge in [0.2, 0.25) is 0 Å². The van der Waals surface area contributed by atoms with E-state index in [2.05, 4.69) is 0 Å². The van der Waals surface area contributed by atoms with Crippen LogP contribution in [0.3, 0.4) is 0 Å². The molecular formula is H5Na2O3S+. The standard InChI is InChI=1S/2Na.H2O3S.2H/c;;1-4(2)3;;/h;;(H2,1,2,3);;/p+1. The zero-order valence-electron chi connectivity index (χ0n) is 2.71. The van der Waals surface area contributed by atoms with Gasteiger partial charge in [-0.2, -0.15) is 4.21 Å². The average molecular weight is 131 g/mol. The van der Waals surface area contributed by atoms with Crippen LogP contribution in [0.1, 0.15) is 1.43 Å². The molecule has 0 atom stereocenters. The summed E-state index contributed by atoms with van der Waals surface area (Å²) in [6, 6.07) is 0. The fourth-order valence-electron chi connectivity index (χ4n) is 0. The fraction of sp³-hybridized carbons (Fsp3) is 0. The minimum atomic E-state index is -2.61. The van der Waals surface area contributed by atoms with Crippen molar-refractivity contribution in [2.75, 3.05) is 0 Å². The Balaban J connectivity index is -0.0000000150. The first-order valence-electron chi connectivity index (χ1n) is 0.532. The molecule has 6 heavy (non-hydrogen) atoms. The first kappa shape index (κ1) is 15.7. The van der Waals surface area contributed by atoms with Crippen LogP contribution in [0.15, 0.2) is 0 Å². The number of rotatable bonds is 0. The minimum absolute atomic E-state index is 0. The van der Waals surface area contributed by atoms with Crippen LogP contribution in [0.25, 0.3) is 0 Å². The summed E-state index contributed by atoms with van der Waals surface area (Å²) < 4.78 is 22.8. The molecule has 0 heterocycles. The Hall–Kier alpha value is 2.07. The van der Waals surface area contributed by atoms with Crippen molar-refractivity contribution >= 4 is 70.5 Å². The third-order valence-electron chi connectivity index (χ3n) is 0. The van der Waals surface area contributed by atoms with Gasteiger partial charge in [-0.3, -0.25) is 9.11 Å². The van der Waals surface area contributed by atoms with E-state index in [1.54, 1.807) is 0 Å². The van der Waals surface area contributed by atoms with E-state index in [0.29, 0.717) is 0 Å². The van der Waals surface area contributed by atoms with Gasteiger partial charge >= 0.3 is 60.5 Å². The topological polar surface area (TPSA) is 57.5 Å². The second-order valence-electron chi connectivity index (χ2n) is 0.231. The van der Waals surface area contributed by atoms with Crippen LogP contribution in [0, 0.1) is 0 Å². The molecule has 0 aromatic carbocycles. The van der Waals surface area contributed by atoms with Crippen molar-refractivity contribution in [3.05, 3.63) is 0 Å². The molecule has 0 aliphatic rings. The molecular weight excluding hydrogens is 126 g/mol. The molecule has 30 valence electrons. The van der Waals surface area contributed by atoms with E-state index in [1.807, 2.05) is 0 Å². The monoisotopic (exact) mass is 131 g/mol. The normalized spacial score (nSPS) is 5.83. The molecule has 0 radical (unpaired) electrons. The van der Waals surface area contributed by atoms with E-state index >= 15 is 0 Å². The van der Waals surface area contributed by atoms with E-state index in [9.17, 15) is 0 Å². The molecule has 0 amide bonds. The van der Waals surface area contributed by atoms with Gasteiger partial charge in [-0.05, 0) is 0 Å². The zero-order valence-corrected chi connectivity index (χ0v) is 2.53. The summed E-state index contributed by atoms with van der Waals surface area (Å²) >= 11 is -2.61. The molecule has 0 saturated heterocycles. The van der Waals surface area contributed by atoms with Crippen LogP contribution >= 0.6 is 0 Å². The molecule has 0 unspecified atom stereocenters. The van der Waals surface area contributed by atoms with Gasteiger partial charge in [-0.1, -0.05) is 0 Å². The molecule has 0 aliphatic heterocycles. The van der Waals surface area contributed by atoms with Gasteiger partial charge in [0.15, 0.2) is 0 Å². The van der Waals surface area contributed by atoms with Gasteiger partial charge in [0.05, 0.1) is 0 Å². The molecule has 0 rings (SSSR count). The fourth-order valence-corrected chi connectivity index (χ4v) is 0. The zero-order chi connectivity index (χ0) is 3.58. The molecule has 0 aromatic rings. The molecule has 0 spiro atoms. The molecule has 0 saturated carbocycles. The predicted molar refractivity (Wildman–Crippen MR) is 28.8 cm³/mol. The summed E-state index contributed by atoms with van der Waals surface area (Å²) in [5.74, 6) is 0. The third-order valence-corrected chi connectivity index (χ3v) is 0. The van der Waals surface area contributed by atoms with Gasteiger partial charge in [0.1, 0.15) is 0 Å². The molecule has 0 aliphatic carbocycles. The maximum absolute atomic E-state index is 8.67. The number of hydrogen-bond donors (Lipinski definition) is 2. The molecule has 6 heteroatoms. The van der Waals surface area contributed by atoms with Crippen LogP contribution in [0.5, 0.6) is 0 Å². The van der Waals surface area contributed by atoms with Crippen molar-refractivity contribution in [3.8, 4) is 0 Å². The van der Waals surface area contributed by atoms with Crippen LogP contribution < -0.4 is 0 Å². The SMILES string of the molecule is O=S(O)O.[H+].[NaH].[NaH]. The molecule has 0 bridgehead atoms. The summed E-state index contributed by atoms with van der Waals surface area (Å²) in [7, 11) is 0. The van der Waals surface area contributed by atoms with E-state index in [4.69, 9.17) is 13.3 Å². The summed E-state index contributed by atoms with van der Waals surface area (Å²) in [5.41, 5.74) is 0. The Kier molecular flexibility index (Phi) is 26.5. The third kappa shape index (κ3) is 36.4. The van der Waals surface area contributed by atoms with Gasteiger partial charge in [0.25, 0.3) is 11.4 Å². The summed E-state index contributed by atoms with van der Waals surface area (Å²) in [6.45, 7) is 0. The van der Waals surface area contributed by atoms with Gasteiger partial charge < -0.3 is 0 Å². The summed E-state index contributed by atoms with van der Waals surface area (Å²) in [4.78, 5) is 0. The van der Waals surface area contributed by atoms with Crippen LogP contribution in [0.4, 0.5) is 0 Å². The first-order chi connectivity index (χ1) is 1.73. The van der Waals surface area contributed by atoms with Gasteiger partial charge in [0, 0.05) is 0 Å². The van der Waals surface area contributed by atoms with Gasteiger partial charge in [-0.25, -0.2) is 0 Å². The van der Waals surface area contributed by atoms with Crippen molar-refractivity contribution in [1.29, 1.82) is 0 Å². The average Bonchev–Trinajstić information content (AvgIpc) is 0.811. The van der Waals surface area contributed by atoms with Crippen molar-refractivity contribution in [2.24, 2.45) is 0 Å². The van der Waals surface area contributed by atoms with E-state index in [1.165, 1.54) is 0 Å². The van der Waals surface area contributed by atoms with Crippen LogP contribution in [0.2, 0.25) is 0 Å². The first-order valence-corrected chi connectivity index (χ1v) is 1.60. The number of hydrogen-bond acceptors (Lipinski definition) is 1. The Bertz CT molecular complexity index is 35.9. The Morgan fingerprint density at radius 1 is 1.33 bits per heavy atom. The van der Waals surface area contributed by atoms with E-state index in [0.717, 1.165) is 0 Å². The maximum atomic E-state index is 8.67. The Morgan fingerprint density at radius 2 is 1.33 bits per heavy atom. The Labute approximate surface area is 84.1 Å². The van der Waals surface area contributed by atoms with Crippen molar-refractivity contribution in [2.45, 2.75) is 0 Å². The Morgan fingerprint density at radius 3 is 1.33 bits per heavy atom. The molecule has 3 nitrogen and oxygen atoms in total. The molecule has 0 fully saturated rings. The second-order valence-corrected chi connectivity index (χ2v) is 0.692. The predicted octanol–water partition coefficient (Wildman–Crippen LogP) is -1.50. The summed E-state index contributed by atoms with van der Waals surface area (Å²) in [5, 5.41) is 0. The van der Waals surface area contributed by atoms with Crippen molar-refractivity contribution in [1.82, 2.24) is 0 Å². The van der Waals surface area contributed by atoms with Crippen LogP contribution in [-0.4, -0.2) is 72.4 Å². The van der Waals surface area contributed by atoms with Crippen LogP contribution in [-0.2, 0) is 11.4 Å². The second kappa shape index (κ2) is 10.1. The van der Waals surface area contributed by atoms with Crippen molar-refractivity contribution in [3.63, 3.8) is 0 Å². The molecule has 0 aromatic heterocycles. The quantitative estimate of drug-likeness (QED) is 0.310. The van der Waals surface area contributed by atoms with E-state index in [-0.39, 0.29) is 60.5 Å². The van der Waals surface area contributed by atoms with E-state index < -0.39 is 11.4 Å². The molecule has 2 N–H and O–H groups in total. The van der Waals surface area contributed by atoms with Gasteiger partial charge in [-0.15, -0.1) is 0 Å².